The van der Waals surface area contributed by atoms with Crippen LogP contribution in [0.1, 0.15) is 16.1 Å². The smallest absolute Gasteiger partial charge is 0.271 e. The van der Waals surface area contributed by atoms with Gasteiger partial charge < -0.3 is 4.42 Å². The summed E-state index contributed by atoms with van der Waals surface area (Å²) in [5.41, 5.74) is 3.68. The summed E-state index contributed by atoms with van der Waals surface area (Å²) in [6, 6.07) is 21.0. The van der Waals surface area contributed by atoms with Crippen LogP contribution in [-0.4, -0.2) is 17.0 Å². The molecule has 1 aromatic heterocycles. The van der Waals surface area contributed by atoms with E-state index in [4.69, 9.17) is 4.42 Å². The molecule has 1 heterocycles. The number of non-ortho nitro benzene ring substituents is 1. The number of carbonyl (C=O) groups excluding carboxylic acids is 1. The second kappa shape index (κ2) is 8.30. The molecule has 1 amide bonds. The third-order valence-corrected chi connectivity index (χ3v) is 5.10. The monoisotopic (exact) mass is 463 g/mol. The van der Waals surface area contributed by atoms with Crippen LogP contribution in [0.3, 0.4) is 0 Å². The summed E-state index contributed by atoms with van der Waals surface area (Å²) in [5.74, 6) is 0.611. The summed E-state index contributed by atoms with van der Waals surface area (Å²) in [7, 11) is 0. The van der Waals surface area contributed by atoms with Crippen molar-refractivity contribution >= 4 is 44.5 Å². The highest BCUT2D eigenvalue weighted by Gasteiger charge is 2.13. The first-order valence-corrected chi connectivity index (χ1v) is 9.67. The second-order valence-electron chi connectivity index (χ2n) is 6.35. The molecule has 0 aliphatic heterocycles. The van der Waals surface area contributed by atoms with Crippen molar-refractivity contribution in [3.63, 3.8) is 0 Å². The first-order chi connectivity index (χ1) is 14.5. The fraction of sp³-hybridized carbons (Fsp3) is 0. The minimum absolute atomic E-state index is 0.0184. The number of hydrogen-bond acceptors (Lipinski definition) is 5. The SMILES string of the molecule is O=C(NN=Cc1ccc(-c2ccc([N+](=O)[O-])cc2Br)o1)c1cccc2ccccc12. The van der Waals surface area contributed by atoms with Gasteiger partial charge in [-0.3, -0.25) is 14.9 Å². The molecule has 0 aliphatic rings. The molecule has 0 saturated carbocycles. The van der Waals surface area contributed by atoms with E-state index in [1.54, 1.807) is 24.3 Å². The lowest BCUT2D eigenvalue weighted by molar-refractivity contribution is -0.384. The minimum atomic E-state index is -0.465. The molecule has 148 valence electrons. The lowest BCUT2D eigenvalue weighted by atomic mass is 10.0. The standard InChI is InChI=1S/C22H14BrN3O4/c23-20-12-15(26(28)29)8-10-19(20)21-11-9-16(30-21)13-24-25-22(27)18-7-3-5-14-4-1-2-6-17(14)18/h1-13H,(H,25,27). The Balaban J connectivity index is 1.49. The Morgan fingerprint density at radius 3 is 2.67 bits per heavy atom. The molecule has 8 heteroatoms. The lowest BCUT2D eigenvalue weighted by Crippen LogP contribution is -2.17. The molecule has 0 fully saturated rings. The Kier molecular flexibility index (Phi) is 5.40. The maximum atomic E-state index is 12.5. The summed E-state index contributed by atoms with van der Waals surface area (Å²) >= 11 is 3.32. The molecule has 3 aromatic carbocycles. The fourth-order valence-electron chi connectivity index (χ4n) is 3.02. The Bertz CT molecular complexity index is 1290. The summed E-state index contributed by atoms with van der Waals surface area (Å²) in [6.07, 6.45) is 1.39. The molecule has 0 unspecified atom stereocenters. The number of rotatable bonds is 5. The summed E-state index contributed by atoms with van der Waals surface area (Å²) in [6.45, 7) is 0. The predicted molar refractivity (Wildman–Crippen MR) is 118 cm³/mol. The number of nitrogens with one attached hydrogen (secondary N) is 1. The molecular formula is C22H14BrN3O4. The van der Waals surface area contributed by atoms with Crippen LogP contribution < -0.4 is 5.43 Å². The van der Waals surface area contributed by atoms with Crippen LogP contribution in [0.5, 0.6) is 0 Å². The Morgan fingerprint density at radius 2 is 1.87 bits per heavy atom. The highest BCUT2D eigenvalue weighted by molar-refractivity contribution is 9.10. The predicted octanol–water partition coefficient (Wildman–Crippen LogP) is 5.53. The topological polar surface area (TPSA) is 97.7 Å². The normalized spacial score (nSPS) is 11.1. The van der Waals surface area contributed by atoms with Crippen LogP contribution in [-0.2, 0) is 0 Å². The van der Waals surface area contributed by atoms with E-state index in [9.17, 15) is 14.9 Å². The van der Waals surface area contributed by atoms with Crippen molar-refractivity contribution in [2.75, 3.05) is 0 Å². The molecule has 0 atom stereocenters. The molecule has 0 radical (unpaired) electrons. The number of amides is 1. The number of nitro groups is 1. The zero-order valence-corrected chi connectivity index (χ0v) is 17.0. The minimum Gasteiger partial charge on any atom is -0.455 e. The van der Waals surface area contributed by atoms with Crippen LogP contribution >= 0.6 is 15.9 Å². The highest BCUT2D eigenvalue weighted by atomic mass is 79.9. The summed E-state index contributed by atoms with van der Waals surface area (Å²) in [4.78, 5) is 22.9. The molecule has 0 aliphatic carbocycles. The van der Waals surface area contributed by atoms with Crippen LogP contribution in [0.25, 0.3) is 22.1 Å². The van der Waals surface area contributed by atoms with Crippen molar-refractivity contribution in [3.05, 3.63) is 98.7 Å². The third-order valence-electron chi connectivity index (χ3n) is 4.45. The second-order valence-corrected chi connectivity index (χ2v) is 7.20. The number of fused-ring (bicyclic) bond motifs is 1. The van der Waals surface area contributed by atoms with Crippen molar-refractivity contribution in [1.29, 1.82) is 0 Å². The number of nitrogens with zero attached hydrogens (tertiary/aromatic N) is 2. The lowest BCUT2D eigenvalue weighted by Gasteiger charge is -2.04. The Labute approximate surface area is 179 Å². The van der Waals surface area contributed by atoms with Crippen LogP contribution in [0.15, 0.2) is 86.8 Å². The van der Waals surface area contributed by atoms with Gasteiger partial charge in [-0.25, -0.2) is 5.43 Å². The molecule has 0 saturated heterocycles. The number of halogens is 1. The van der Waals surface area contributed by atoms with Gasteiger partial charge in [0.2, 0.25) is 0 Å². The van der Waals surface area contributed by atoms with Gasteiger partial charge in [-0.2, -0.15) is 5.10 Å². The average Bonchev–Trinajstić information content (AvgIpc) is 3.21. The van der Waals surface area contributed by atoms with Gasteiger partial charge in [0.05, 0.1) is 11.1 Å². The van der Waals surface area contributed by atoms with E-state index in [1.165, 1.54) is 18.3 Å². The number of carbonyl (C=O) groups is 1. The quantitative estimate of drug-likeness (QED) is 0.238. The molecule has 0 bridgehead atoms. The first kappa shape index (κ1) is 19.5. The van der Waals surface area contributed by atoms with Gasteiger partial charge in [0.15, 0.2) is 0 Å². The number of benzene rings is 3. The highest BCUT2D eigenvalue weighted by Crippen LogP contribution is 2.32. The number of furan rings is 1. The molecular weight excluding hydrogens is 450 g/mol. The van der Waals surface area contributed by atoms with Gasteiger partial charge in [0, 0.05) is 27.7 Å². The van der Waals surface area contributed by atoms with E-state index in [0.29, 0.717) is 27.1 Å². The molecule has 4 rings (SSSR count). The van der Waals surface area contributed by atoms with Crippen LogP contribution in [0, 0.1) is 10.1 Å². The maximum absolute atomic E-state index is 12.5. The van der Waals surface area contributed by atoms with Gasteiger partial charge >= 0.3 is 0 Å². The van der Waals surface area contributed by atoms with Gasteiger partial charge in [-0.05, 0) is 51.0 Å². The first-order valence-electron chi connectivity index (χ1n) is 8.88. The Morgan fingerprint density at radius 1 is 1.07 bits per heavy atom. The third kappa shape index (κ3) is 3.99. The molecule has 4 aromatic rings. The zero-order chi connectivity index (χ0) is 21.1. The van der Waals surface area contributed by atoms with Gasteiger partial charge in [0.1, 0.15) is 11.5 Å². The van der Waals surface area contributed by atoms with Crippen LogP contribution in [0.4, 0.5) is 5.69 Å². The fourth-order valence-corrected chi connectivity index (χ4v) is 3.58. The van der Waals surface area contributed by atoms with Crippen LogP contribution in [0.2, 0.25) is 0 Å². The number of hydrogen-bond donors (Lipinski definition) is 1. The van der Waals surface area contributed by atoms with Gasteiger partial charge in [-0.15, -0.1) is 0 Å². The van der Waals surface area contributed by atoms with Crippen molar-refractivity contribution < 1.29 is 14.1 Å². The largest absolute Gasteiger partial charge is 0.455 e. The van der Waals surface area contributed by atoms with E-state index >= 15 is 0 Å². The van der Waals surface area contributed by atoms with Crippen molar-refractivity contribution in [2.45, 2.75) is 0 Å². The molecule has 1 N–H and O–H groups in total. The molecule has 30 heavy (non-hydrogen) atoms. The average molecular weight is 464 g/mol. The van der Waals surface area contributed by atoms with Crippen molar-refractivity contribution in [2.24, 2.45) is 5.10 Å². The summed E-state index contributed by atoms with van der Waals surface area (Å²) in [5, 5.41) is 16.6. The molecule has 0 spiro atoms. The number of nitro benzene ring substituents is 1. The van der Waals surface area contributed by atoms with E-state index < -0.39 is 4.92 Å². The number of hydrazone groups is 1. The Hall–Kier alpha value is -3.78. The summed E-state index contributed by atoms with van der Waals surface area (Å²) < 4.78 is 6.25. The van der Waals surface area contributed by atoms with Crippen molar-refractivity contribution in [3.8, 4) is 11.3 Å². The zero-order valence-electron chi connectivity index (χ0n) is 15.4. The maximum Gasteiger partial charge on any atom is 0.271 e. The van der Waals surface area contributed by atoms with E-state index in [1.807, 2.05) is 36.4 Å². The van der Waals surface area contributed by atoms with Gasteiger partial charge in [0.25, 0.3) is 11.6 Å². The van der Waals surface area contributed by atoms with Gasteiger partial charge in [-0.1, -0.05) is 36.4 Å². The van der Waals surface area contributed by atoms with Crippen molar-refractivity contribution in [1.82, 2.24) is 5.43 Å². The van der Waals surface area contributed by atoms with E-state index in [-0.39, 0.29) is 11.6 Å². The van der Waals surface area contributed by atoms with E-state index in [2.05, 4.69) is 26.5 Å². The molecule has 7 nitrogen and oxygen atoms in total. The van der Waals surface area contributed by atoms with E-state index in [0.717, 1.165) is 10.8 Å².